The van der Waals surface area contributed by atoms with E-state index in [1.165, 1.54) is 0 Å². The number of aliphatic hydroxyl groups is 1. The van der Waals surface area contributed by atoms with Gasteiger partial charge < -0.3 is 14.6 Å². The Bertz CT molecular complexity index is 408. The van der Waals surface area contributed by atoms with Gasteiger partial charge in [0.2, 0.25) is 0 Å². The molecular formula is C14H19ClO3. The van der Waals surface area contributed by atoms with Gasteiger partial charge in [0.05, 0.1) is 25.9 Å². The van der Waals surface area contributed by atoms with Crippen LogP contribution in [-0.2, 0) is 11.2 Å². The minimum Gasteiger partial charge on any atom is -0.496 e. The first-order valence-electron chi connectivity index (χ1n) is 6.22. The lowest BCUT2D eigenvalue weighted by Crippen LogP contribution is -2.23. The highest BCUT2D eigenvalue weighted by molar-refractivity contribution is 6.30. The first-order valence-corrected chi connectivity index (χ1v) is 6.60. The van der Waals surface area contributed by atoms with E-state index in [1.807, 2.05) is 19.1 Å². The Balaban J connectivity index is 2.06. The van der Waals surface area contributed by atoms with Crippen molar-refractivity contribution in [2.45, 2.75) is 32.0 Å². The molecule has 0 spiro atoms. The van der Waals surface area contributed by atoms with Crippen molar-refractivity contribution in [2.75, 3.05) is 13.7 Å². The number of rotatable bonds is 4. The van der Waals surface area contributed by atoms with Gasteiger partial charge in [-0.3, -0.25) is 0 Å². The van der Waals surface area contributed by atoms with Crippen molar-refractivity contribution in [1.29, 1.82) is 0 Å². The Hall–Kier alpha value is -0.770. The summed E-state index contributed by atoms with van der Waals surface area (Å²) in [7, 11) is 1.62. The molecule has 1 N–H and O–H groups in total. The van der Waals surface area contributed by atoms with Gasteiger partial charge in [-0.05, 0) is 37.1 Å². The lowest BCUT2D eigenvalue weighted by Gasteiger charge is -2.18. The Labute approximate surface area is 113 Å². The summed E-state index contributed by atoms with van der Waals surface area (Å²) in [6.45, 7) is 2.66. The monoisotopic (exact) mass is 270 g/mol. The number of ether oxygens (including phenoxy) is 2. The molecule has 1 aromatic carbocycles. The molecule has 0 aromatic heterocycles. The molecule has 3 atom stereocenters. The predicted molar refractivity (Wildman–Crippen MR) is 71.2 cm³/mol. The second-order valence-electron chi connectivity index (χ2n) is 4.87. The third kappa shape index (κ3) is 3.16. The fraction of sp³-hybridized carbons (Fsp3) is 0.571. The molecule has 1 fully saturated rings. The van der Waals surface area contributed by atoms with Crippen molar-refractivity contribution < 1.29 is 14.6 Å². The zero-order valence-electron chi connectivity index (χ0n) is 10.7. The van der Waals surface area contributed by atoms with Crippen LogP contribution < -0.4 is 4.74 Å². The fourth-order valence-electron chi connectivity index (χ4n) is 2.42. The SMILES string of the molecule is COc1ccc(Cl)cc1CC(O)C1COC(C)C1. The summed E-state index contributed by atoms with van der Waals surface area (Å²) < 4.78 is 10.8. The van der Waals surface area contributed by atoms with Crippen molar-refractivity contribution in [1.82, 2.24) is 0 Å². The maximum Gasteiger partial charge on any atom is 0.122 e. The summed E-state index contributed by atoms with van der Waals surface area (Å²) in [6.07, 6.45) is 1.28. The molecule has 0 saturated carbocycles. The Kier molecular flexibility index (Phi) is 4.49. The zero-order chi connectivity index (χ0) is 13.1. The summed E-state index contributed by atoms with van der Waals surface area (Å²) >= 11 is 5.98. The van der Waals surface area contributed by atoms with E-state index in [-0.39, 0.29) is 12.0 Å². The number of hydrogen-bond donors (Lipinski definition) is 1. The molecule has 3 unspecified atom stereocenters. The van der Waals surface area contributed by atoms with Crippen LogP contribution in [0.15, 0.2) is 18.2 Å². The van der Waals surface area contributed by atoms with Crippen LogP contribution in [0, 0.1) is 5.92 Å². The second-order valence-corrected chi connectivity index (χ2v) is 5.30. The molecule has 2 rings (SSSR count). The van der Waals surface area contributed by atoms with Gasteiger partial charge in [0.25, 0.3) is 0 Å². The molecule has 1 saturated heterocycles. The summed E-state index contributed by atoms with van der Waals surface area (Å²) in [6, 6.07) is 5.47. The van der Waals surface area contributed by atoms with E-state index in [4.69, 9.17) is 21.1 Å². The first kappa shape index (κ1) is 13.7. The lowest BCUT2D eigenvalue weighted by atomic mass is 9.94. The van der Waals surface area contributed by atoms with Crippen molar-refractivity contribution in [3.8, 4) is 5.75 Å². The van der Waals surface area contributed by atoms with E-state index in [0.717, 1.165) is 17.7 Å². The average Bonchev–Trinajstić information content (AvgIpc) is 2.76. The number of methoxy groups -OCH3 is 1. The predicted octanol–water partition coefficient (Wildman–Crippen LogP) is 2.68. The molecular weight excluding hydrogens is 252 g/mol. The van der Waals surface area contributed by atoms with Crippen LogP contribution in [0.1, 0.15) is 18.9 Å². The number of hydrogen-bond acceptors (Lipinski definition) is 3. The Morgan fingerprint density at radius 2 is 2.33 bits per heavy atom. The number of halogens is 1. The molecule has 100 valence electrons. The van der Waals surface area contributed by atoms with Crippen LogP contribution in [-0.4, -0.2) is 31.0 Å². The normalized spacial score (nSPS) is 25.1. The summed E-state index contributed by atoms with van der Waals surface area (Å²) in [5.41, 5.74) is 0.942. The Morgan fingerprint density at radius 3 is 2.94 bits per heavy atom. The van der Waals surface area contributed by atoms with E-state index in [1.54, 1.807) is 13.2 Å². The summed E-state index contributed by atoms with van der Waals surface area (Å²) in [5, 5.41) is 10.9. The molecule has 1 aliphatic rings. The largest absolute Gasteiger partial charge is 0.496 e. The molecule has 1 aliphatic heterocycles. The molecule has 4 heteroatoms. The van der Waals surface area contributed by atoms with Gasteiger partial charge in [-0.15, -0.1) is 0 Å². The third-order valence-electron chi connectivity index (χ3n) is 3.45. The quantitative estimate of drug-likeness (QED) is 0.914. The van der Waals surface area contributed by atoms with Crippen LogP contribution in [0.3, 0.4) is 0 Å². The molecule has 0 aliphatic carbocycles. The molecule has 1 heterocycles. The van der Waals surface area contributed by atoms with E-state index >= 15 is 0 Å². The van der Waals surface area contributed by atoms with Gasteiger partial charge in [-0.1, -0.05) is 11.6 Å². The molecule has 1 aromatic rings. The minimum absolute atomic E-state index is 0.198. The maximum absolute atomic E-state index is 10.3. The highest BCUT2D eigenvalue weighted by atomic mass is 35.5. The van der Waals surface area contributed by atoms with Crippen molar-refractivity contribution in [3.63, 3.8) is 0 Å². The topological polar surface area (TPSA) is 38.7 Å². The molecule has 0 bridgehead atoms. The molecule has 3 nitrogen and oxygen atoms in total. The maximum atomic E-state index is 10.3. The van der Waals surface area contributed by atoms with Crippen molar-refractivity contribution in [2.24, 2.45) is 5.92 Å². The number of aliphatic hydroxyl groups excluding tert-OH is 1. The van der Waals surface area contributed by atoms with Gasteiger partial charge in [-0.25, -0.2) is 0 Å². The smallest absolute Gasteiger partial charge is 0.122 e. The van der Waals surface area contributed by atoms with Gasteiger partial charge in [0, 0.05) is 17.4 Å². The van der Waals surface area contributed by atoms with Crippen molar-refractivity contribution >= 4 is 11.6 Å². The van der Waals surface area contributed by atoms with Gasteiger partial charge in [0.15, 0.2) is 0 Å². The average molecular weight is 271 g/mol. The van der Waals surface area contributed by atoms with E-state index in [2.05, 4.69) is 0 Å². The third-order valence-corrected chi connectivity index (χ3v) is 3.68. The summed E-state index contributed by atoms with van der Waals surface area (Å²) in [4.78, 5) is 0. The van der Waals surface area contributed by atoms with Crippen molar-refractivity contribution in [3.05, 3.63) is 28.8 Å². The van der Waals surface area contributed by atoms with Crippen LogP contribution in [0.25, 0.3) is 0 Å². The van der Waals surface area contributed by atoms with Crippen LogP contribution in [0.4, 0.5) is 0 Å². The molecule has 18 heavy (non-hydrogen) atoms. The molecule has 0 radical (unpaired) electrons. The lowest BCUT2D eigenvalue weighted by molar-refractivity contribution is 0.0803. The number of benzene rings is 1. The standard InChI is InChI=1S/C14H19ClO3/c1-9-5-11(8-18-9)13(16)7-10-6-12(15)3-4-14(10)17-2/h3-4,6,9,11,13,16H,5,7-8H2,1-2H3. The van der Waals surface area contributed by atoms with Crippen LogP contribution in [0.2, 0.25) is 5.02 Å². The van der Waals surface area contributed by atoms with Gasteiger partial charge in [-0.2, -0.15) is 0 Å². The zero-order valence-corrected chi connectivity index (χ0v) is 11.5. The van der Waals surface area contributed by atoms with Gasteiger partial charge in [0.1, 0.15) is 5.75 Å². The highest BCUT2D eigenvalue weighted by Gasteiger charge is 2.28. The first-order chi connectivity index (χ1) is 8.60. The van der Waals surface area contributed by atoms with E-state index in [0.29, 0.717) is 18.1 Å². The second kappa shape index (κ2) is 5.91. The fourth-order valence-corrected chi connectivity index (χ4v) is 2.61. The highest BCUT2D eigenvalue weighted by Crippen LogP contribution is 2.28. The van der Waals surface area contributed by atoms with Gasteiger partial charge >= 0.3 is 0 Å². The van der Waals surface area contributed by atoms with Crippen LogP contribution >= 0.6 is 11.6 Å². The van der Waals surface area contributed by atoms with Crippen LogP contribution in [0.5, 0.6) is 5.75 Å². The summed E-state index contributed by atoms with van der Waals surface area (Å²) in [5.74, 6) is 0.967. The van der Waals surface area contributed by atoms with E-state index < -0.39 is 6.10 Å². The Morgan fingerprint density at radius 1 is 1.56 bits per heavy atom. The van der Waals surface area contributed by atoms with E-state index in [9.17, 15) is 5.11 Å². The molecule has 0 amide bonds. The minimum atomic E-state index is -0.415.